The molecular formula is C12H12NO+. The van der Waals surface area contributed by atoms with Crippen LogP contribution in [0.1, 0.15) is 5.69 Å². The van der Waals surface area contributed by atoms with E-state index in [1.807, 2.05) is 49.4 Å². The number of rotatable bonds is 1. The Morgan fingerprint density at radius 1 is 0.929 bits per heavy atom. The average Bonchev–Trinajstić information content (AvgIpc) is 2.23. The first-order valence-corrected chi connectivity index (χ1v) is 4.54. The van der Waals surface area contributed by atoms with Gasteiger partial charge in [-0.2, -0.15) is 0 Å². The van der Waals surface area contributed by atoms with Crippen molar-refractivity contribution in [1.82, 2.24) is 0 Å². The average molecular weight is 186 g/mol. The van der Waals surface area contributed by atoms with Crippen molar-refractivity contribution < 1.29 is 9.94 Å². The number of aryl methyl sites for hydroxylation is 1. The van der Waals surface area contributed by atoms with Gasteiger partial charge in [0.15, 0.2) is 0 Å². The van der Waals surface area contributed by atoms with Crippen molar-refractivity contribution in [3.05, 3.63) is 54.4 Å². The maximum atomic E-state index is 9.48. The van der Waals surface area contributed by atoms with Crippen LogP contribution in [-0.2, 0) is 0 Å². The Labute approximate surface area is 83.0 Å². The van der Waals surface area contributed by atoms with Gasteiger partial charge < -0.3 is 0 Å². The van der Waals surface area contributed by atoms with Crippen molar-refractivity contribution in [2.24, 2.45) is 0 Å². The van der Waals surface area contributed by atoms with Crippen molar-refractivity contribution >= 4 is 0 Å². The number of hydrogen-bond donors (Lipinski definition) is 1. The van der Waals surface area contributed by atoms with Crippen molar-refractivity contribution in [2.75, 3.05) is 0 Å². The van der Waals surface area contributed by atoms with Crippen molar-refractivity contribution in [3.8, 4) is 11.1 Å². The highest BCUT2D eigenvalue weighted by Crippen LogP contribution is 2.16. The standard InChI is InChI=1S/C12H12NO/c1-10-7-8-12(9-13(10)14)11-5-3-2-4-6-11/h2-9,14H,1H3/q+1. The molecule has 0 fully saturated rings. The summed E-state index contributed by atoms with van der Waals surface area (Å²) in [5, 5.41) is 9.48. The van der Waals surface area contributed by atoms with Crippen LogP contribution in [0.3, 0.4) is 0 Å². The minimum Gasteiger partial charge on any atom is -0.285 e. The van der Waals surface area contributed by atoms with Gasteiger partial charge in [-0.15, -0.1) is 0 Å². The van der Waals surface area contributed by atoms with Crippen LogP contribution in [0.5, 0.6) is 0 Å². The fraction of sp³-hybridized carbons (Fsp3) is 0.0833. The third-order valence-electron chi connectivity index (χ3n) is 2.23. The normalized spacial score (nSPS) is 10.1. The maximum Gasteiger partial charge on any atom is 0.231 e. The summed E-state index contributed by atoms with van der Waals surface area (Å²) in [4.78, 5) is 0. The van der Waals surface area contributed by atoms with Gasteiger partial charge in [0.2, 0.25) is 11.9 Å². The highest BCUT2D eigenvalue weighted by molar-refractivity contribution is 5.61. The SMILES string of the molecule is Cc1ccc(-c2ccccc2)c[n+]1O. The van der Waals surface area contributed by atoms with Crippen LogP contribution in [0.2, 0.25) is 0 Å². The maximum absolute atomic E-state index is 9.48. The van der Waals surface area contributed by atoms with E-state index in [4.69, 9.17) is 0 Å². The molecule has 0 unspecified atom stereocenters. The molecule has 70 valence electrons. The minimum absolute atomic E-state index is 0.824. The quantitative estimate of drug-likeness (QED) is 0.535. The summed E-state index contributed by atoms with van der Waals surface area (Å²) in [5.74, 6) is 0. The van der Waals surface area contributed by atoms with Crippen LogP contribution < -0.4 is 4.73 Å². The van der Waals surface area contributed by atoms with E-state index in [-0.39, 0.29) is 0 Å². The number of nitrogens with zero attached hydrogens (tertiary/aromatic N) is 1. The van der Waals surface area contributed by atoms with E-state index in [0.29, 0.717) is 0 Å². The molecule has 0 radical (unpaired) electrons. The molecule has 14 heavy (non-hydrogen) atoms. The summed E-state index contributed by atoms with van der Waals surface area (Å²) in [7, 11) is 0. The van der Waals surface area contributed by atoms with Crippen molar-refractivity contribution in [2.45, 2.75) is 6.92 Å². The van der Waals surface area contributed by atoms with E-state index >= 15 is 0 Å². The highest BCUT2D eigenvalue weighted by atomic mass is 16.5. The Kier molecular flexibility index (Phi) is 2.19. The monoisotopic (exact) mass is 186 g/mol. The molecule has 2 rings (SSSR count). The van der Waals surface area contributed by atoms with E-state index < -0.39 is 0 Å². The lowest BCUT2D eigenvalue weighted by molar-refractivity contribution is -0.908. The Bertz CT molecular complexity index is 437. The van der Waals surface area contributed by atoms with Crippen molar-refractivity contribution in [3.63, 3.8) is 0 Å². The third kappa shape index (κ3) is 1.59. The van der Waals surface area contributed by atoms with E-state index in [2.05, 4.69) is 0 Å². The van der Waals surface area contributed by atoms with Crippen LogP contribution in [-0.4, -0.2) is 5.21 Å². The van der Waals surface area contributed by atoms with E-state index in [1.165, 1.54) is 0 Å². The summed E-state index contributed by atoms with van der Waals surface area (Å²) >= 11 is 0. The van der Waals surface area contributed by atoms with E-state index in [1.54, 1.807) is 6.20 Å². The van der Waals surface area contributed by atoms with Gasteiger partial charge >= 0.3 is 0 Å². The molecule has 0 bridgehead atoms. The fourth-order valence-electron chi connectivity index (χ4n) is 1.36. The summed E-state index contributed by atoms with van der Waals surface area (Å²) in [6.07, 6.45) is 1.71. The molecule has 1 aromatic heterocycles. The Morgan fingerprint density at radius 2 is 1.64 bits per heavy atom. The van der Waals surface area contributed by atoms with E-state index in [9.17, 15) is 5.21 Å². The Hall–Kier alpha value is -1.83. The predicted molar refractivity (Wildman–Crippen MR) is 54.0 cm³/mol. The van der Waals surface area contributed by atoms with Crippen LogP contribution in [0, 0.1) is 6.92 Å². The van der Waals surface area contributed by atoms with Gasteiger partial charge in [-0.25, -0.2) is 0 Å². The molecule has 0 aliphatic heterocycles. The number of benzene rings is 1. The molecule has 0 aliphatic carbocycles. The second-order valence-corrected chi connectivity index (χ2v) is 3.27. The second kappa shape index (κ2) is 3.50. The minimum atomic E-state index is 0.824. The molecule has 0 spiro atoms. The first-order chi connectivity index (χ1) is 6.77. The first-order valence-electron chi connectivity index (χ1n) is 4.54. The van der Waals surface area contributed by atoms with Gasteiger partial charge in [0.1, 0.15) is 0 Å². The van der Waals surface area contributed by atoms with Gasteiger partial charge in [-0.3, -0.25) is 5.21 Å². The molecule has 1 aromatic carbocycles. The molecule has 2 heteroatoms. The molecule has 1 N–H and O–H groups in total. The summed E-state index contributed by atoms with van der Waals surface area (Å²) in [6.45, 7) is 1.86. The van der Waals surface area contributed by atoms with Crippen LogP contribution >= 0.6 is 0 Å². The lowest BCUT2D eigenvalue weighted by Gasteiger charge is -1.98. The van der Waals surface area contributed by atoms with Gasteiger partial charge in [0, 0.05) is 17.7 Å². The Balaban J connectivity index is 2.48. The van der Waals surface area contributed by atoms with Crippen LogP contribution in [0.15, 0.2) is 48.7 Å². The zero-order valence-corrected chi connectivity index (χ0v) is 8.01. The molecule has 0 amide bonds. The Morgan fingerprint density at radius 3 is 2.29 bits per heavy atom. The summed E-state index contributed by atoms with van der Waals surface area (Å²) in [6, 6.07) is 13.9. The molecule has 0 saturated carbocycles. The lowest BCUT2D eigenvalue weighted by atomic mass is 10.1. The zero-order valence-electron chi connectivity index (χ0n) is 8.01. The number of pyridine rings is 1. The molecule has 0 atom stereocenters. The molecule has 1 heterocycles. The number of aromatic nitrogens is 1. The van der Waals surface area contributed by atoms with Gasteiger partial charge in [0.25, 0.3) is 0 Å². The van der Waals surface area contributed by atoms with Crippen LogP contribution in [0.4, 0.5) is 0 Å². The zero-order chi connectivity index (χ0) is 9.97. The van der Waals surface area contributed by atoms with Crippen LogP contribution in [0.25, 0.3) is 11.1 Å². The largest absolute Gasteiger partial charge is 0.285 e. The van der Waals surface area contributed by atoms with Crippen molar-refractivity contribution in [1.29, 1.82) is 0 Å². The third-order valence-corrected chi connectivity index (χ3v) is 2.23. The fourth-order valence-corrected chi connectivity index (χ4v) is 1.36. The van der Waals surface area contributed by atoms with Gasteiger partial charge in [-0.1, -0.05) is 30.3 Å². The molecular weight excluding hydrogens is 174 g/mol. The first kappa shape index (κ1) is 8.75. The molecule has 2 nitrogen and oxygen atoms in total. The van der Waals surface area contributed by atoms with E-state index in [0.717, 1.165) is 21.6 Å². The smallest absolute Gasteiger partial charge is 0.231 e. The molecule has 2 aromatic rings. The molecule has 0 aliphatic rings. The highest BCUT2D eigenvalue weighted by Gasteiger charge is 2.06. The predicted octanol–water partition coefficient (Wildman–Crippen LogP) is 2.19. The summed E-state index contributed by atoms with van der Waals surface area (Å²) < 4.78 is 1.14. The number of hydrogen-bond acceptors (Lipinski definition) is 1. The second-order valence-electron chi connectivity index (χ2n) is 3.27. The molecule has 0 saturated heterocycles. The summed E-state index contributed by atoms with van der Waals surface area (Å²) in [5.41, 5.74) is 2.94. The van der Waals surface area contributed by atoms with Gasteiger partial charge in [0.05, 0.1) is 5.56 Å². The van der Waals surface area contributed by atoms with Gasteiger partial charge in [-0.05, 0) is 11.6 Å². The lowest BCUT2D eigenvalue weighted by Crippen LogP contribution is -2.32. The topological polar surface area (TPSA) is 24.1 Å².